The molecule has 1 fully saturated rings. The van der Waals surface area contributed by atoms with Gasteiger partial charge in [0, 0.05) is 13.1 Å². The number of carboxylic acids is 1. The van der Waals surface area contributed by atoms with E-state index in [4.69, 9.17) is 4.74 Å². The quantitative estimate of drug-likeness (QED) is 0.515. The third-order valence-electron chi connectivity index (χ3n) is 6.09. The lowest BCUT2D eigenvalue weighted by Crippen LogP contribution is -2.57. The Morgan fingerprint density at radius 1 is 1.03 bits per heavy atom. The van der Waals surface area contributed by atoms with Gasteiger partial charge in [-0.05, 0) is 58.4 Å². The summed E-state index contributed by atoms with van der Waals surface area (Å²) in [5, 5.41) is 14.7. The molecule has 1 aromatic carbocycles. The fourth-order valence-electron chi connectivity index (χ4n) is 4.19. The van der Waals surface area contributed by atoms with Crippen molar-refractivity contribution in [3.63, 3.8) is 0 Å². The second kappa shape index (κ2) is 11.6. The van der Waals surface area contributed by atoms with Crippen molar-refractivity contribution in [2.24, 2.45) is 5.92 Å². The number of ether oxygens (including phenoxy) is 1. The zero-order valence-corrected chi connectivity index (χ0v) is 21.6. The van der Waals surface area contributed by atoms with Gasteiger partial charge in [0.2, 0.25) is 11.8 Å². The Kier molecular flexibility index (Phi) is 9.29. The lowest BCUT2D eigenvalue weighted by molar-refractivity contribution is -0.142. The van der Waals surface area contributed by atoms with Crippen molar-refractivity contribution in [2.75, 3.05) is 13.1 Å². The molecule has 0 spiro atoms. The van der Waals surface area contributed by atoms with E-state index in [1.54, 1.807) is 25.7 Å². The molecule has 0 saturated carbocycles. The molecule has 35 heavy (non-hydrogen) atoms. The number of hydrogen-bond acceptors (Lipinski definition) is 5. The van der Waals surface area contributed by atoms with E-state index in [1.807, 2.05) is 44.2 Å². The van der Waals surface area contributed by atoms with Crippen molar-refractivity contribution in [2.45, 2.75) is 83.9 Å². The van der Waals surface area contributed by atoms with Crippen molar-refractivity contribution in [3.05, 3.63) is 35.9 Å². The third kappa shape index (κ3) is 7.70. The molecule has 3 amide bonds. The predicted octanol–water partition coefficient (Wildman–Crippen LogP) is 3.08. The van der Waals surface area contributed by atoms with Gasteiger partial charge in [-0.25, -0.2) is 9.59 Å². The lowest BCUT2D eigenvalue weighted by Gasteiger charge is -2.41. The fraction of sp³-hybridized carbons (Fsp3) is 0.615. The van der Waals surface area contributed by atoms with Gasteiger partial charge in [0.1, 0.15) is 17.7 Å². The number of nitrogens with zero attached hydrogens (tertiary/aromatic N) is 1. The molecule has 0 aromatic heterocycles. The minimum absolute atomic E-state index is 0.0813. The first-order chi connectivity index (χ1) is 16.2. The highest BCUT2D eigenvalue weighted by atomic mass is 16.6. The normalized spacial score (nSPS) is 17.3. The molecule has 9 heteroatoms. The fourth-order valence-corrected chi connectivity index (χ4v) is 4.19. The Bertz CT molecular complexity index is 901. The number of hydrogen-bond donors (Lipinski definition) is 3. The zero-order valence-electron chi connectivity index (χ0n) is 21.6. The first-order valence-electron chi connectivity index (χ1n) is 12.1. The number of aliphatic carboxylic acids is 1. The molecule has 0 unspecified atom stereocenters. The number of rotatable bonds is 8. The lowest BCUT2D eigenvalue weighted by atomic mass is 9.72. The monoisotopic (exact) mass is 489 g/mol. The number of nitrogens with one attached hydrogen (secondary N) is 2. The number of carbonyl (C=O) groups is 4. The van der Waals surface area contributed by atoms with E-state index in [0.717, 1.165) is 5.56 Å². The van der Waals surface area contributed by atoms with Crippen molar-refractivity contribution < 1.29 is 29.0 Å². The minimum Gasteiger partial charge on any atom is -0.480 e. The highest BCUT2D eigenvalue weighted by Gasteiger charge is 2.45. The summed E-state index contributed by atoms with van der Waals surface area (Å²) in [6, 6.07) is 7.35. The number of amides is 3. The van der Waals surface area contributed by atoms with Crippen LogP contribution in [0.4, 0.5) is 4.79 Å². The number of carboxylic acid groups (broad SMARTS) is 1. The number of benzene rings is 1. The van der Waals surface area contributed by atoms with Gasteiger partial charge in [-0.15, -0.1) is 0 Å². The molecule has 1 saturated heterocycles. The Hall–Kier alpha value is -3.10. The van der Waals surface area contributed by atoms with E-state index >= 15 is 0 Å². The second-order valence-electron chi connectivity index (χ2n) is 10.6. The Morgan fingerprint density at radius 2 is 1.60 bits per heavy atom. The summed E-state index contributed by atoms with van der Waals surface area (Å²) in [7, 11) is 0. The van der Waals surface area contributed by atoms with Crippen LogP contribution in [0.3, 0.4) is 0 Å². The first kappa shape index (κ1) is 28.1. The van der Waals surface area contributed by atoms with Crippen LogP contribution in [0.5, 0.6) is 0 Å². The molecule has 1 aliphatic heterocycles. The molecule has 1 heterocycles. The first-order valence-corrected chi connectivity index (χ1v) is 12.1. The molecular weight excluding hydrogens is 450 g/mol. The van der Waals surface area contributed by atoms with Gasteiger partial charge in [0.25, 0.3) is 0 Å². The van der Waals surface area contributed by atoms with Gasteiger partial charge in [0.15, 0.2) is 0 Å². The molecular formula is C26H39N3O6. The van der Waals surface area contributed by atoms with Crippen LogP contribution in [0.1, 0.15) is 66.4 Å². The van der Waals surface area contributed by atoms with Gasteiger partial charge in [-0.3, -0.25) is 9.59 Å². The van der Waals surface area contributed by atoms with Crippen LogP contribution in [-0.4, -0.2) is 64.7 Å². The minimum atomic E-state index is -1.11. The molecule has 9 nitrogen and oxygen atoms in total. The van der Waals surface area contributed by atoms with Crippen molar-refractivity contribution in [1.82, 2.24) is 15.5 Å². The third-order valence-corrected chi connectivity index (χ3v) is 6.09. The van der Waals surface area contributed by atoms with Crippen LogP contribution in [-0.2, 0) is 24.5 Å². The van der Waals surface area contributed by atoms with Crippen LogP contribution >= 0.6 is 0 Å². The van der Waals surface area contributed by atoms with Crippen molar-refractivity contribution in [3.8, 4) is 0 Å². The molecule has 2 rings (SSSR count). The van der Waals surface area contributed by atoms with Gasteiger partial charge in [0.05, 0.1) is 5.41 Å². The van der Waals surface area contributed by atoms with E-state index < -0.39 is 41.1 Å². The van der Waals surface area contributed by atoms with Crippen LogP contribution < -0.4 is 10.6 Å². The van der Waals surface area contributed by atoms with E-state index in [2.05, 4.69) is 10.6 Å². The largest absolute Gasteiger partial charge is 0.480 e. The maximum absolute atomic E-state index is 13.6. The average Bonchev–Trinajstić information content (AvgIpc) is 2.77. The van der Waals surface area contributed by atoms with Crippen molar-refractivity contribution in [1.29, 1.82) is 0 Å². The average molecular weight is 490 g/mol. The van der Waals surface area contributed by atoms with Crippen LogP contribution in [0.2, 0.25) is 0 Å². The summed E-state index contributed by atoms with van der Waals surface area (Å²) in [4.78, 5) is 52.0. The van der Waals surface area contributed by atoms with Crippen LogP contribution in [0.15, 0.2) is 30.3 Å². The molecule has 1 aromatic rings. The molecule has 0 aliphatic carbocycles. The van der Waals surface area contributed by atoms with Gasteiger partial charge in [-0.2, -0.15) is 0 Å². The summed E-state index contributed by atoms with van der Waals surface area (Å²) in [6.45, 7) is 11.4. The summed E-state index contributed by atoms with van der Waals surface area (Å²) in [5.74, 6) is -1.91. The SMILES string of the molecule is CC(C)C[C@@H](NC(=O)[C@@H](C)NC(=O)C1(c2ccccc2)CCN(C(=O)OC(C)(C)C)CC1)C(=O)O. The molecule has 194 valence electrons. The molecule has 1 aliphatic rings. The molecule has 3 N–H and O–H groups in total. The summed E-state index contributed by atoms with van der Waals surface area (Å²) < 4.78 is 5.48. The summed E-state index contributed by atoms with van der Waals surface area (Å²) >= 11 is 0. The van der Waals surface area contributed by atoms with E-state index in [0.29, 0.717) is 25.9 Å². The maximum Gasteiger partial charge on any atom is 0.410 e. The number of likely N-dealkylation sites (tertiary alicyclic amines) is 1. The van der Waals surface area contributed by atoms with E-state index in [-0.39, 0.29) is 18.2 Å². The Morgan fingerprint density at radius 3 is 2.09 bits per heavy atom. The van der Waals surface area contributed by atoms with E-state index in [9.17, 15) is 24.3 Å². The van der Waals surface area contributed by atoms with Crippen LogP contribution in [0, 0.1) is 5.92 Å². The maximum atomic E-state index is 13.6. The van der Waals surface area contributed by atoms with E-state index in [1.165, 1.54) is 6.92 Å². The topological polar surface area (TPSA) is 125 Å². The van der Waals surface area contributed by atoms with Crippen molar-refractivity contribution >= 4 is 23.9 Å². The summed E-state index contributed by atoms with van der Waals surface area (Å²) in [6.07, 6.45) is 0.594. The summed E-state index contributed by atoms with van der Waals surface area (Å²) in [5.41, 5.74) is -0.746. The molecule has 0 radical (unpaired) electrons. The van der Waals surface area contributed by atoms with Crippen LogP contribution in [0.25, 0.3) is 0 Å². The molecule has 0 bridgehead atoms. The highest BCUT2D eigenvalue weighted by molar-refractivity contribution is 5.94. The highest BCUT2D eigenvalue weighted by Crippen LogP contribution is 2.36. The molecule has 2 atom stereocenters. The second-order valence-corrected chi connectivity index (χ2v) is 10.6. The zero-order chi connectivity index (χ0) is 26.4. The Labute approximate surface area is 207 Å². The van der Waals surface area contributed by atoms with Gasteiger partial charge >= 0.3 is 12.1 Å². The number of carbonyl (C=O) groups excluding carboxylic acids is 3. The standard InChI is InChI=1S/C26H39N3O6/c1-17(2)16-20(22(31)32)28-21(30)18(3)27-23(33)26(19-10-8-7-9-11-19)12-14-29(15-13-26)24(34)35-25(4,5)6/h7-11,17-18,20H,12-16H2,1-6H3,(H,27,33)(H,28,30)(H,31,32)/t18-,20-/m1/s1. The number of piperidine rings is 1. The Balaban J connectivity index is 2.16. The predicted molar refractivity (Wildman–Crippen MR) is 132 cm³/mol. The smallest absolute Gasteiger partial charge is 0.410 e. The van der Waals surface area contributed by atoms with Gasteiger partial charge < -0.3 is 25.4 Å². The van der Waals surface area contributed by atoms with Gasteiger partial charge in [-0.1, -0.05) is 44.2 Å².